The molecule has 0 spiro atoms. The number of amides is 1. The van der Waals surface area contributed by atoms with Gasteiger partial charge in [0.1, 0.15) is 11.6 Å². The lowest BCUT2D eigenvalue weighted by atomic mass is 10.2. The summed E-state index contributed by atoms with van der Waals surface area (Å²) >= 11 is 0. The van der Waals surface area contributed by atoms with Crippen molar-refractivity contribution < 1.29 is 9.18 Å². The number of halogens is 1. The van der Waals surface area contributed by atoms with Crippen LogP contribution in [0.15, 0.2) is 43.1 Å². The number of nitrogens with zero attached hydrogens (tertiary/aromatic N) is 1. The van der Waals surface area contributed by atoms with E-state index in [9.17, 15) is 9.18 Å². The molecule has 4 nitrogen and oxygen atoms in total. The highest BCUT2D eigenvalue weighted by Crippen LogP contribution is 2.17. The van der Waals surface area contributed by atoms with E-state index < -0.39 is 0 Å². The second-order valence-electron chi connectivity index (χ2n) is 3.67. The number of benzene rings is 1. The molecule has 5 heteroatoms. The Balaban J connectivity index is 2.08. The molecule has 2 N–H and O–H groups in total. The van der Waals surface area contributed by atoms with E-state index in [0.29, 0.717) is 12.4 Å². The van der Waals surface area contributed by atoms with Gasteiger partial charge < -0.3 is 10.3 Å². The molecule has 2 rings (SSSR count). The van der Waals surface area contributed by atoms with Crippen molar-refractivity contribution in [2.75, 3.05) is 0 Å². The third-order valence-electron chi connectivity index (χ3n) is 2.40. The highest BCUT2D eigenvalue weighted by atomic mass is 19.1. The highest BCUT2D eigenvalue weighted by molar-refractivity contribution is 5.86. The first-order chi connectivity index (χ1) is 8.69. The summed E-state index contributed by atoms with van der Waals surface area (Å²) in [5, 5.41) is 2.61. The Hall–Kier alpha value is -2.43. The van der Waals surface area contributed by atoms with Gasteiger partial charge in [0.2, 0.25) is 5.91 Å². The van der Waals surface area contributed by atoms with Crippen LogP contribution in [0.25, 0.3) is 11.3 Å². The quantitative estimate of drug-likeness (QED) is 0.809. The monoisotopic (exact) mass is 245 g/mol. The number of nitrogens with one attached hydrogen (secondary N) is 2. The summed E-state index contributed by atoms with van der Waals surface area (Å²) < 4.78 is 12.8. The fourth-order valence-corrected chi connectivity index (χ4v) is 1.47. The second-order valence-corrected chi connectivity index (χ2v) is 3.67. The summed E-state index contributed by atoms with van der Waals surface area (Å²) in [5.41, 5.74) is 1.61. The Morgan fingerprint density at radius 2 is 2.17 bits per heavy atom. The number of imidazole rings is 1. The van der Waals surface area contributed by atoms with Crippen LogP contribution in [0, 0.1) is 5.82 Å². The van der Waals surface area contributed by atoms with Gasteiger partial charge in [0.25, 0.3) is 0 Å². The van der Waals surface area contributed by atoms with Crippen LogP contribution in [-0.4, -0.2) is 15.9 Å². The Morgan fingerprint density at radius 1 is 1.44 bits per heavy atom. The molecule has 1 amide bonds. The molecule has 1 aromatic heterocycles. The van der Waals surface area contributed by atoms with Crippen LogP contribution < -0.4 is 5.32 Å². The number of carbonyl (C=O) groups is 1. The zero-order chi connectivity index (χ0) is 13.0. The van der Waals surface area contributed by atoms with Crippen LogP contribution in [0.3, 0.4) is 0 Å². The van der Waals surface area contributed by atoms with E-state index in [4.69, 9.17) is 0 Å². The van der Waals surface area contributed by atoms with Crippen LogP contribution in [0.4, 0.5) is 4.39 Å². The maximum Gasteiger partial charge on any atom is 0.243 e. The molecule has 1 heterocycles. The molecule has 18 heavy (non-hydrogen) atoms. The normalized spacial score (nSPS) is 10.1. The fourth-order valence-electron chi connectivity index (χ4n) is 1.47. The van der Waals surface area contributed by atoms with Gasteiger partial charge in [0, 0.05) is 0 Å². The molecule has 0 aliphatic rings. The number of hydrogen-bond donors (Lipinski definition) is 2. The molecular formula is C13H12FN3O. The fraction of sp³-hybridized carbons (Fsp3) is 0.0769. The molecule has 0 bridgehead atoms. The van der Waals surface area contributed by atoms with Crippen LogP contribution in [0.1, 0.15) is 5.82 Å². The van der Waals surface area contributed by atoms with E-state index in [-0.39, 0.29) is 11.7 Å². The van der Waals surface area contributed by atoms with Crippen molar-refractivity contribution in [3.63, 3.8) is 0 Å². The zero-order valence-electron chi connectivity index (χ0n) is 9.61. The Kier molecular flexibility index (Phi) is 3.52. The van der Waals surface area contributed by atoms with Gasteiger partial charge in [-0.25, -0.2) is 9.37 Å². The van der Waals surface area contributed by atoms with Gasteiger partial charge in [-0.1, -0.05) is 6.58 Å². The third-order valence-corrected chi connectivity index (χ3v) is 2.40. The highest BCUT2D eigenvalue weighted by Gasteiger charge is 2.04. The topological polar surface area (TPSA) is 57.8 Å². The average Bonchev–Trinajstić information content (AvgIpc) is 2.85. The van der Waals surface area contributed by atoms with Crippen molar-refractivity contribution in [2.45, 2.75) is 6.54 Å². The van der Waals surface area contributed by atoms with Crippen molar-refractivity contribution >= 4 is 5.91 Å². The lowest BCUT2D eigenvalue weighted by Crippen LogP contribution is -2.20. The van der Waals surface area contributed by atoms with Crippen LogP contribution >= 0.6 is 0 Å². The van der Waals surface area contributed by atoms with Gasteiger partial charge in [0.05, 0.1) is 18.4 Å². The molecule has 0 unspecified atom stereocenters. The largest absolute Gasteiger partial charge is 0.345 e. The summed E-state index contributed by atoms with van der Waals surface area (Å²) in [6.07, 6.45) is 2.84. The van der Waals surface area contributed by atoms with E-state index in [2.05, 4.69) is 21.9 Å². The molecule has 2 aromatic rings. The molecule has 0 atom stereocenters. The SMILES string of the molecule is C=CC(=O)NCc1ncc(-c2ccc(F)cc2)[nH]1. The second kappa shape index (κ2) is 5.27. The lowest BCUT2D eigenvalue weighted by molar-refractivity contribution is -0.116. The minimum absolute atomic E-state index is 0.255. The van der Waals surface area contributed by atoms with E-state index in [1.54, 1.807) is 18.3 Å². The van der Waals surface area contributed by atoms with Gasteiger partial charge in [-0.15, -0.1) is 0 Å². The summed E-state index contributed by atoms with van der Waals surface area (Å²) in [5.74, 6) is 0.0935. The van der Waals surface area contributed by atoms with E-state index in [1.807, 2.05) is 0 Å². The third kappa shape index (κ3) is 2.82. The molecule has 0 aliphatic carbocycles. The molecule has 0 saturated heterocycles. The van der Waals surface area contributed by atoms with Gasteiger partial charge in [0.15, 0.2) is 0 Å². The van der Waals surface area contributed by atoms with Gasteiger partial charge >= 0.3 is 0 Å². The van der Waals surface area contributed by atoms with E-state index in [0.717, 1.165) is 11.3 Å². The van der Waals surface area contributed by atoms with Crippen molar-refractivity contribution in [1.82, 2.24) is 15.3 Å². The first-order valence-corrected chi connectivity index (χ1v) is 5.39. The predicted octanol–water partition coefficient (Wildman–Crippen LogP) is 2.02. The summed E-state index contributed by atoms with van der Waals surface area (Å²) in [4.78, 5) is 18.2. The standard InChI is InChI=1S/C13H12FN3O/c1-2-13(18)16-8-12-15-7-11(17-12)9-3-5-10(14)6-4-9/h2-7H,1,8H2,(H,15,17)(H,16,18). The molecule has 1 aromatic carbocycles. The number of H-pyrrole nitrogens is 1. The minimum Gasteiger partial charge on any atom is -0.345 e. The van der Waals surface area contributed by atoms with Crippen molar-refractivity contribution in [3.8, 4) is 11.3 Å². The number of aromatic amines is 1. The Morgan fingerprint density at radius 3 is 2.83 bits per heavy atom. The summed E-state index contributed by atoms with van der Waals surface area (Å²) in [6, 6.07) is 6.09. The molecule has 0 aliphatic heterocycles. The molecular weight excluding hydrogens is 233 g/mol. The van der Waals surface area contributed by atoms with Crippen molar-refractivity contribution in [1.29, 1.82) is 0 Å². The van der Waals surface area contributed by atoms with Gasteiger partial charge in [-0.2, -0.15) is 0 Å². The average molecular weight is 245 g/mol. The minimum atomic E-state index is -0.281. The van der Waals surface area contributed by atoms with Crippen LogP contribution in [0.5, 0.6) is 0 Å². The molecule has 0 saturated carbocycles. The van der Waals surface area contributed by atoms with Crippen LogP contribution in [-0.2, 0) is 11.3 Å². The number of hydrogen-bond acceptors (Lipinski definition) is 2. The number of rotatable bonds is 4. The lowest BCUT2D eigenvalue weighted by Gasteiger charge is -1.99. The summed E-state index contributed by atoms with van der Waals surface area (Å²) in [7, 11) is 0. The predicted molar refractivity (Wildman–Crippen MR) is 66.0 cm³/mol. The van der Waals surface area contributed by atoms with Crippen molar-refractivity contribution in [3.05, 3.63) is 54.8 Å². The van der Waals surface area contributed by atoms with E-state index >= 15 is 0 Å². The van der Waals surface area contributed by atoms with Crippen molar-refractivity contribution in [2.24, 2.45) is 0 Å². The molecule has 92 valence electrons. The molecule has 0 fully saturated rings. The van der Waals surface area contributed by atoms with Gasteiger partial charge in [-0.3, -0.25) is 4.79 Å². The summed E-state index contributed by atoms with van der Waals surface area (Å²) in [6.45, 7) is 3.65. The molecule has 0 radical (unpaired) electrons. The van der Waals surface area contributed by atoms with Gasteiger partial charge in [-0.05, 0) is 35.9 Å². The Bertz CT molecular complexity index is 560. The zero-order valence-corrected chi connectivity index (χ0v) is 9.61. The first kappa shape index (κ1) is 12.0. The first-order valence-electron chi connectivity index (χ1n) is 5.39. The Labute approximate surface area is 104 Å². The number of carbonyl (C=O) groups excluding carboxylic acids is 1. The maximum atomic E-state index is 12.8. The smallest absolute Gasteiger partial charge is 0.243 e. The number of aromatic nitrogens is 2. The van der Waals surface area contributed by atoms with E-state index in [1.165, 1.54) is 18.2 Å². The maximum absolute atomic E-state index is 12.8. The van der Waals surface area contributed by atoms with Crippen LogP contribution in [0.2, 0.25) is 0 Å².